The molecular formula is C14H11N5O2. The lowest BCUT2D eigenvalue weighted by molar-refractivity contribution is -0.384. The third kappa shape index (κ3) is 2.86. The molecule has 3 rings (SSSR count). The molecule has 0 fully saturated rings. The molecule has 0 spiro atoms. The van der Waals surface area contributed by atoms with Gasteiger partial charge in [-0.2, -0.15) is 5.10 Å². The van der Waals surface area contributed by atoms with Gasteiger partial charge < -0.3 is 4.98 Å². The molecular weight excluding hydrogens is 270 g/mol. The van der Waals surface area contributed by atoms with Crippen molar-refractivity contribution in [1.29, 1.82) is 0 Å². The Bertz CT molecular complexity index is 792. The number of hydrogen-bond donors (Lipinski definition) is 2. The number of para-hydroxylation sites is 2. The molecule has 1 aromatic heterocycles. The van der Waals surface area contributed by atoms with E-state index in [2.05, 4.69) is 20.5 Å². The first kappa shape index (κ1) is 12.8. The minimum absolute atomic E-state index is 0.0303. The number of benzene rings is 2. The summed E-state index contributed by atoms with van der Waals surface area (Å²) in [4.78, 5) is 17.6. The predicted octanol–water partition coefficient (Wildman–Crippen LogP) is 2.92. The second-order valence-corrected chi connectivity index (χ2v) is 4.32. The van der Waals surface area contributed by atoms with Gasteiger partial charge in [0.1, 0.15) is 0 Å². The van der Waals surface area contributed by atoms with Gasteiger partial charge in [-0.15, -0.1) is 0 Å². The van der Waals surface area contributed by atoms with Gasteiger partial charge in [0.2, 0.25) is 5.95 Å². The van der Waals surface area contributed by atoms with Gasteiger partial charge in [0.05, 0.1) is 22.2 Å². The van der Waals surface area contributed by atoms with Crippen LogP contribution in [-0.4, -0.2) is 21.1 Å². The smallest absolute Gasteiger partial charge is 0.270 e. The van der Waals surface area contributed by atoms with Crippen molar-refractivity contribution in [3.63, 3.8) is 0 Å². The number of non-ortho nitro benzene ring substituents is 1. The van der Waals surface area contributed by atoms with Gasteiger partial charge in [0.25, 0.3) is 5.69 Å². The van der Waals surface area contributed by atoms with Gasteiger partial charge in [-0.1, -0.05) is 24.3 Å². The van der Waals surface area contributed by atoms with Crippen LogP contribution in [0, 0.1) is 10.1 Å². The minimum Gasteiger partial charge on any atom is -0.323 e. The number of rotatable bonds is 4. The molecule has 0 aliphatic rings. The first-order valence-corrected chi connectivity index (χ1v) is 6.21. The van der Waals surface area contributed by atoms with Crippen LogP contribution in [0.4, 0.5) is 11.6 Å². The molecule has 0 atom stereocenters. The predicted molar refractivity (Wildman–Crippen MR) is 80.4 cm³/mol. The number of imidazole rings is 1. The number of hydrazone groups is 1. The molecule has 7 nitrogen and oxygen atoms in total. The zero-order valence-corrected chi connectivity index (χ0v) is 10.9. The highest BCUT2D eigenvalue weighted by Crippen LogP contribution is 2.14. The number of anilines is 1. The van der Waals surface area contributed by atoms with Crippen molar-refractivity contribution in [2.75, 3.05) is 5.43 Å². The number of hydrogen-bond acceptors (Lipinski definition) is 5. The second kappa shape index (κ2) is 5.41. The Labute approximate surface area is 119 Å². The SMILES string of the molecule is O=[N+]([O-])c1cccc(/C=N\Nc2nc3ccccc3[nH]2)c1. The van der Waals surface area contributed by atoms with Crippen molar-refractivity contribution >= 4 is 28.9 Å². The van der Waals surface area contributed by atoms with Gasteiger partial charge in [-0.05, 0) is 12.1 Å². The van der Waals surface area contributed by atoms with Crippen LogP contribution in [0.25, 0.3) is 11.0 Å². The molecule has 0 saturated heterocycles. The summed E-state index contributed by atoms with van der Waals surface area (Å²) in [5.41, 5.74) is 5.17. The molecule has 0 saturated carbocycles. The van der Waals surface area contributed by atoms with Crippen molar-refractivity contribution < 1.29 is 4.92 Å². The molecule has 0 radical (unpaired) electrons. The van der Waals surface area contributed by atoms with Crippen LogP contribution < -0.4 is 5.43 Å². The zero-order chi connectivity index (χ0) is 14.7. The van der Waals surface area contributed by atoms with E-state index in [4.69, 9.17) is 0 Å². The lowest BCUT2D eigenvalue weighted by Gasteiger charge is -1.95. The third-order valence-corrected chi connectivity index (χ3v) is 2.85. The highest BCUT2D eigenvalue weighted by molar-refractivity contribution is 5.81. The van der Waals surface area contributed by atoms with Gasteiger partial charge in [-0.3, -0.25) is 10.1 Å². The van der Waals surface area contributed by atoms with Crippen LogP contribution in [0.15, 0.2) is 53.6 Å². The van der Waals surface area contributed by atoms with E-state index in [9.17, 15) is 10.1 Å². The molecule has 0 amide bonds. The first-order valence-electron chi connectivity index (χ1n) is 6.21. The summed E-state index contributed by atoms with van der Waals surface area (Å²) in [6, 6.07) is 13.8. The van der Waals surface area contributed by atoms with E-state index in [1.165, 1.54) is 18.3 Å². The maximum atomic E-state index is 10.7. The van der Waals surface area contributed by atoms with E-state index >= 15 is 0 Å². The Kier molecular flexibility index (Phi) is 3.30. The summed E-state index contributed by atoms with van der Waals surface area (Å²) >= 11 is 0. The lowest BCUT2D eigenvalue weighted by atomic mass is 10.2. The van der Waals surface area contributed by atoms with Gasteiger partial charge in [0.15, 0.2) is 0 Å². The summed E-state index contributed by atoms with van der Waals surface area (Å²) in [5.74, 6) is 0.512. The van der Waals surface area contributed by atoms with Crippen molar-refractivity contribution in [3.05, 3.63) is 64.2 Å². The average molecular weight is 281 g/mol. The Morgan fingerprint density at radius 2 is 2.10 bits per heavy atom. The molecule has 0 aliphatic heterocycles. The fourth-order valence-electron chi connectivity index (χ4n) is 1.89. The minimum atomic E-state index is -0.440. The van der Waals surface area contributed by atoms with Gasteiger partial charge in [0, 0.05) is 17.7 Å². The van der Waals surface area contributed by atoms with Gasteiger partial charge >= 0.3 is 0 Å². The molecule has 2 N–H and O–H groups in total. The van der Waals surface area contributed by atoms with E-state index in [1.54, 1.807) is 12.1 Å². The number of nitro groups is 1. The summed E-state index contributed by atoms with van der Waals surface area (Å²) in [5, 5.41) is 14.7. The van der Waals surface area contributed by atoms with Crippen LogP contribution in [0.3, 0.4) is 0 Å². The molecule has 2 aromatic carbocycles. The third-order valence-electron chi connectivity index (χ3n) is 2.85. The van der Waals surface area contributed by atoms with E-state index in [0.717, 1.165) is 11.0 Å². The van der Waals surface area contributed by atoms with Crippen molar-refractivity contribution in [1.82, 2.24) is 9.97 Å². The summed E-state index contributed by atoms with van der Waals surface area (Å²) in [7, 11) is 0. The average Bonchev–Trinajstić information content (AvgIpc) is 2.90. The topological polar surface area (TPSA) is 96.2 Å². The summed E-state index contributed by atoms with van der Waals surface area (Å²) < 4.78 is 0. The number of aromatic nitrogens is 2. The number of nitrogens with one attached hydrogen (secondary N) is 2. The van der Waals surface area contributed by atoms with Crippen LogP contribution in [0.1, 0.15) is 5.56 Å². The Hall–Kier alpha value is -3.22. The number of H-pyrrole nitrogens is 1. The monoisotopic (exact) mass is 281 g/mol. The zero-order valence-electron chi connectivity index (χ0n) is 10.9. The molecule has 21 heavy (non-hydrogen) atoms. The second-order valence-electron chi connectivity index (χ2n) is 4.32. The lowest BCUT2D eigenvalue weighted by Crippen LogP contribution is -1.93. The van der Waals surface area contributed by atoms with E-state index in [1.807, 2.05) is 24.3 Å². The molecule has 0 unspecified atom stereocenters. The van der Waals surface area contributed by atoms with Gasteiger partial charge in [-0.25, -0.2) is 10.4 Å². The highest BCUT2D eigenvalue weighted by Gasteiger charge is 2.04. The van der Waals surface area contributed by atoms with E-state index in [0.29, 0.717) is 11.5 Å². The Morgan fingerprint density at radius 1 is 1.24 bits per heavy atom. The van der Waals surface area contributed by atoms with Crippen LogP contribution >= 0.6 is 0 Å². The summed E-state index contributed by atoms with van der Waals surface area (Å²) in [6.07, 6.45) is 1.50. The summed E-state index contributed by atoms with van der Waals surface area (Å²) in [6.45, 7) is 0. The first-order chi connectivity index (χ1) is 10.2. The van der Waals surface area contributed by atoms with Crippen LogP contribution in [0.2, 0.25) is 0 Å². The van der Waals surface area contributed by atoms with Crippen molar-refractivity contribution in [2.24, 2.45) is 5.10 Å². The molecule has 3 aromatic rings. The Balaban J connectivity index is 1.74. The number of nitrogens with zero attached hydrogens (tertiary/aromatic N) is 3. The van der Waals surface area contributed by atoms with Crippen molar-refractivity contribution in [3.8, 4) is 0 Å². The quantitative estimate of drug-likeness (QED) is 0.436. The molecule has 0 bridgehead atoms. The van der Waals surface area contributed by atoms with E-state index < -0.39 is 4.92 Å². The number of fused-ring (bicyclic) bond motifs is 1. The van der Waals surface area contributed by atoms with Crippen molar-refractivity contribution in [2.45, 2.75) is 0 Å². The number of aromatic amines is 1. The van der Waals surface area contributed by atoms with E-state index in [-0.39, 0.29) is 5.69 Å². The fourth-order valence-corrected chi connectivity index (χ4v) is 1.89. The molecule has 7 heteroatoms. The maximum absolute atomic E-state index is 10.7. The molecule has 1 heterocycles. The van der Waals surface area contributed by atoms with Crippen LogP contribution in [-0.2, 0) is 0 Å². The molecule has 0 aliphatic carbocycles. The Morgan fingerprint density at radius 3 is 2.90 bits per heavy atom. The molecule has 104 valence electrons. The van der Waals surface area contributed by atoms with Crippen LogP contribution in [0.5, 0.6) is 0 Å². The fraction of sp³-hybridized carbons (Fsp3) is 0. The highest BCUT2D eigenvalue weighted by atomic mass is 16.6. The number of nitro benzene ring substituents is 1. The largest absolute Gasteiger partial charge is 0.323 e. The standard InChI is InChI=1S/C14H11N5O2/c20-19(21)11-5-3-4-10(8-11)9-15-18-14-16-12-6-1-2-7-13(12)17-14/h1-9H,(H2,16,17,18)/b15-9-. The normalized spacial score (nSPS) is 11.0. The maximum Gasteiger partial charge on any atom is 0.270 e.